The molecule has 1 saturated heterocycles. The second kappa shape index (κ2) is 16.6. The van der Waals surface area contributed by atoms with Crippen molar-refractivity contribution in [1.29, 1.82) is 0 Å². The molecule has 1 aromatic carbocycles. The van der Waals surface area contributed by atoms with Gasteiger partial charge in [0, 0.05) is 51.4 Å². The summed E-state index contributed by atoms with van der Waals surface area (Å²) >= 11 is 0. The second-order valence-electron chi connectivity index (χ2n) is 12.1. The molecule has 0 bridgehead atoms. The van der Waals surface area contributed by atoms with Gasteiger partial charge in [-0.2, -0.15) is 0 Å². The molecule has 1 fully saturated rings. The van der Waals surface area contributed by atoms with Crippen LogP contribution in [0.4, 0.5) is 4.79 Å². The van der Waals surface area contributed by atoms with Gasteiger partial charge in [-0.15, -0.1) is 0 Å². The third-order valence-corrected chi connectivity index (χ3v) is 7.40. The van der Waals surface area contributed by atoms with Crippen molar-refractivity contribution in [2.24, 2.45) is 17.8 Å². The minimum Gasteiger partial charge on any atom is -0.493 e. The van der Waals surface area contributed by atoms with Crippen LogP contribution in [0.5, 0.6) is 11.5 Å². The molecular formula is C32H52N2O8. The highest BCUT2D eigenvalue weighted by molar-refractivity contribution is 5.95. The average molecular weight is 593 g/mol. The first kappa shape index (κ1) is 35.2. The van der Waals surface area contributed by atoms with Gasteiger partial charge in [0.15, 0.2) is 11.5 Å². The number of carbonyl (C=O) groups is 3. The number of rotatable bonds is 15. The Labute approximate surface area is 251 Å². The summed E-state index contributed by atoms with van der Waals surface area (Å²) in [5, 5.41) is 0. The van der Waals surface area contributed by atoms with Gasteiger partial charge < -0.3 is 33.5 Å². The van der Waals surface area contributed by atoms with Crippen molar-refractivity contribution in [2.75, 3.05) is 53.7 Å². The summed E-state index contributed by atoms with van der Waals surface area (Å²) in [5.74, 6) is 0.362. The molecule has 0 radical (unpaired) electrons. The molecule has 238 valence electrons. The molecule has 2 rings (SSSR count). The van der Waals surface area contributed by atoms with Gasteiger partial charge in [-0.05, 0) is 84.4 Å². The lowest BCUT2D eigenvalue weighted by atomic mass is 9.85. The minimum atomic E-state index is -0.626. The Hall–Kier alpha value is -3.01. The van der Waals surface area contributed by atoms with Crippen LogP contribution >= 0.6 is 0 Å². The fraction of sp³-hybridized carbons (Fsp3) is 0.719. The van der Waals surface area contributed by atoms with E-state index >= 15 is 0 Å². The molecule has 1 aromatic rings. The van der Waals surface area contributed by atoms with Gasteiger partial charge in [-0.3, -0.25) is 9.59 Å². The number of nitrogens with zero attached hydrogens (tertiary/aromatic N) is 2. The number of hydrogen-bond acceptors (Lipinski definition) is 8. The van der Waals surface area contributed by atoms with E-state index in [2.05, 4.69) is 0 Å². The molecule has 1 aliphatic rings. The van der Waals surface area contributed by atoms with Crippen molar-refractivity contribution < 1.29 is 38.1 Å². The summed E-state index contributed by atoms with van der Waals surface area (Å²) in [6, 6.07) is 5.10. The maximum atomic E-state index is 13.9. The third-order valence-electron chi connectivity index (χ3n) is 7.40. The Bertz CT molecular complexity index is 1020. The summed E-state index contributed by atoms with van der Waals surface area (Å²) in [5.41, 5.74) is -0.137. The molecule has 2 amide bonds. The molecule has 0 spiro atoms. The predicted molar refractivity (Wildman–Crippen MR) is 161 cm³/mol. The number of amides is 2. The Kier molecular flexibility index (Phi) is 13.9. The zero-order valence-electron chi connectivity index (χ0n) is 27.1. The van der Waals surface area contributed by atoms with Crippen molar-refractivity contribution in [3.8, 4) is 11.5 Å². The van der Waals surface area contributed by atoms with Crippen LogP contribution in [0, 0.1) is 17.8 Å². The fourth-order valence-corrected chi connectivity index (χ4v) is 5.20. The Morgan fingerprint density at radius 2 is 1.71 bits per heavy atom. The molecule has 42 heavy (non-hydrogen) atoms. The first-order valence-electron chi connectivity index (χ1n) is 15.1. The van der Waals surface area contributed by atoms with Crippen molar-refractivity contribution in [1.82, 2.24) is 9.80 Å². The molecule has 0 unspecified atom stereocenters. The topological polar surface area (TPSA) is 104 Å². The molecule has 0 saturated carbocycles. The van der Waals surface area contributed by atoms with Gasteiger partial charge in [0.25, 0.3) is 5.91 Å². The van der Waals surface area contributed by atoms with E-state index in [1.165, 1.54) is 0 Å². The van der Waals surface area contributed by atoms with E-state index in [-0.39, 0.29) is 41.8 Å². The van der Waals surface area contributed by atoms with Crippen LogP contribution in [0.3, 0.4) is 0 Å². The molecule has 1 heterocycles. The van der Waals surface area contributed by atoms with Gasteiger partial charge in [-0.25, -0.2) is 4.79 Å². The predicted octanol–water partition coefficient (Wildman–Crippen LogP) is 5.42. The second-order valence-corrected chi connectivity index (χ2v) is 12.1. The first-order chi connectivity index (χ1) is 19.8. The summed E-state index contributed by atoms with van der Waals surface area (Å²) in [7, 11) is 3.21. The number of ether oxygens (including phenoxy) is 5. The highest BCUT2D eigenvalue weighted by atomic mass is 16.6. The molecule has 0 aliphatic carbocycles. The summed E-state index contributed by atoms with van der Waals surface area (Å²) in [6.45, 7) is 15.9. The van der Waals surface area contributed by atoms with Crippen LogP contribution in [0.1, 0.15) is 78.1 Å². The number of esters is 1. The molecule has 10 nitrogen and oxygen atoms in total. The van der Waals surface area contributed by atoms with Gasteiger partial charge in [0.1, 0.15) is 5.60 Å². The first-order valence-corrected chi connectivity index (χ1v) is 15.1. The van der Waals surface area contributed by atoms with Gasteiger partial charge in [0.05, 0.1) is 26.2 Å². The summed E-state index contributed by atoms with van der Waals surface area (Å²) < 4.78 is 27.5. The average Bonchev–Trinajstić information content (AvgIpc) is 3.33. The molecule has 10 heteroatoms. The smallest absolute Gasteiger partial charge is 0.410 e. The van der Waals surface area contributed by atoms with Crippen molar-refractivity contribution in [3.05, 3.63) is 23.8 Å². The van der Waals surface area contributed by atoms with Crippen LogP contribution in [-0.4, -0.2) is 93.1 Å². The lowest BCUT2D eigenvalue weighted by Crippen LogP contribution is -2.42. The Balaban J connectivity index is 2.32. The van der Waals surface area contributed by atoms with E-state index in [4.69, 9.17) is 23.7 Å². The highest BCUT2D eigenvalue weighted by Crippen LogP contribution is 2.34. The number of carbonyl (C=O) groups excluding carboxylic acids is 3. The molecule has 3 atom stereocenters. The molecule has 0 aromatic heterocycles. The highest BCUT2D eigenvalue weighted by Gasteiger charge is 2.41. The molecular weight excluding hydrogens is 540 g/mol. The Morgan fingerprint density at radius 3 is 2.29 bits per heavy atom. The fourth-order valence-electron chi connectivity index (χ4n) is 5.20. The lowest BCUT2D eigenvalue weighted by Gasteiger charge is -2.32. The summed E-state index contributed by atoms with van der Waals surface area (Å²) in [6.07, 6.45) is 1.53. The van der Waals surface area contributed by atoms with E-state index in [0.717, 1.165) is 0 Å². The largest absolute Gasteiger partial charge is 0.493 e. The van der Waals surface area contributed by atoms with E-state index in [9.17, 15) is 14.4 Å². The minimum absolute atomic E-state index is 0.00327. The Morgan fingerprint density at radius 1 is 1.02 bits per heavy atom. The molecule has 1 aliphatic heterocycles. The maximum absolute atomic E-state index is 13.9. The number of likely N-dealkylation sites (tertiary alicyclic amines) is 1. The normalized spacial score (nSPS) is 17.6. The monoisotopic (exact) mass is 592 g/mol. The molecule has 0 N–H and O–H groups in total. The van der Waals surface area contributed by atoms with Crippen LogP contribution in [0.25, 0.3) is 0 Å². The van der Waals surface area contributed by atoms with Crippen molar-refractivity contribution in [3.63, 3.8) is 0 Å². The van der Waals surface area contributed by atoms with Crippen molar-refractivity contribution in [2.45, 2.75) is 79.4 Å². The van der Waals surface area contributed by atoms with Gasteiger partial charge in [0.2, 0.25) is 0 Å². The van der Waals surface area contributed by atoms with Crippen LogP contribution in [0.2, 0.25) is 0 Å². The van der Waals surface area contributed by atoms with E-state index < -0.39 is 5.60 Å². The van der Waals surface area contributed by atoms with Crippen molar-refractivity contribution >= 4 is 18.0 Å². The lowest BCUT2D eigenvalue weighted by molar-refractivity contribution is -0.148. The van der Waals surface area contributed by atoms with E-state index in [1.54, 1.807) is 44.2 Å². The van der Waals surface area contributed by atoms with Gasteiger partial charge in [-0.1, -0.05) is 6.92 Å². The quantitative estimate of drug-likeness (QED) is 0.196. The van der Waals surface area contributed by atoms with E-state index in [0.29, 0.717) is 75.8 Å². The van der Waals surface area contributed by atoms with Crippen LogP contribution < -0.4 is 9.47 Å². The van der Waals surface area contributed by atoms with E-state index in [1.807, 2.05) is 46.4 Å². The number of benzene rings is 1. The van der Waals surface area contributed by atoms with Crippen LogP contribution in [-0.2, 0) is 19.0 Å². The third kappa shape index (κ3) is 10.4. The SMILES string of the molecule is CCOC(=O)[C@H](CC)C[C@@H]1CN(C(=O)OC(C)(C)C)C[C@H]1CN(C(=O)c1ccc(OC)c(OCCCOC)c1)C(C)C. The number of methoxy groups -OCH3 is 2. The number of hydrogen-bond donors (Lipinski definition) is 0. The zero-order valence-corrected chi connectivity index (χ0v) is 27.1. The zero-order chi connectivity index (χ0) is 31.4. The maximum Gasteiger partial charge on any atom is 0.410 e. The van der Waals surface area contributed by atoms with Crippen LogP contribution in [0.15, 0.2) is 18.2 Å². The van der Waals surface area contributed by atoms with Gasteiger partial charge >= 0.3 is 12.1 Å². The standard InChI is InChI=1S/C32H52N2O8/c1-10-23(30(36)40-11-2)17-25-19-33(31(37)42-32(5,6)7)20-26(25)21-34(22(3)4)29(35)24-13-14-27(39-9)28(18-24)41-16-12-15-38-8/h13-14,18,22-23,25-26H,10-12,15-17,19-21H2,1-9H3/t23-,25-,26+/m1/s1. The summed E-state index contributed by atoms with van der Waals surface area (Å²) in [4.78, 5) is 43.2.